The minimum atomic E-state index is -0.200. The summed E-state index contributed by atoms with van der Waals surface area (Å²) in [5.41, 5.74) is 4.16. The minimum absolute atomic E-state index is 0.200. The second-order valence-corrected chi connectivity index (χ2v) is 8.89. The van der Waals surface area contributed by atoms with Gasteiger partial charge in [0.25, 0.3) is 5.91 Å². The van der Waals surface area contributed by atoms with Crippen LogP contribution in [-0.4, -0.2) is 36.6 Å². The molecule has 0 saturated heterocycles. The number of carbonyl (C=O) groups is 1. The zero-order chi connectivity index (χ0) is 22.9. The second kappa shape index (κ2) is 8.71. The third-order valence-corrected chi connectivity index (χ3v) is 7.20. The van der Waals surface area contributed by atoms with Crippen molar-refractivity contribution in [3.8, 4) is 11.5 Å². The highest BCUT2D eigenvalue weighted by molar-refractivity contribution is 7.20. The number of nitrogens with zero attached hydrogens (tertiary/aromatic N) is 3. The van der Waals surface area contributed by atoms with E-state index < -0.39 is 0 Å². The van der Waals surface area contributed by atoms with Gasteiger partial charge in [-0.1, -0.05) is 24.3 Å². The lowest BCUT2D eigenvalue weighted by molar-refractivity contribution is 0.102. The number of thiophene rings is 1. The molecule has 7 nitrogen and oxygen atoms in total. The van der Waals surface area contributed by atoms with Crippen LogP contribution in [0.2, 0.25) is 0 Å². The van der Waals surface area contributed by atoms with Gasteiger partial charge in [-0.25, -0.2) is 9.97 Å². The Morgan fingerprint density at radius 3 is 2.70 bits per heavy atom. The maximum absolute atomic E-state index is 13.2. The van der Waals surface area contributed by atoms with Gasteiger partial charge in [0.05, 0.1) is 30.2 Å². The molecule has 8 heteroatoms. The van der Waals surface area contributed by atoms with Crippen LogP contribution in [-0.2, 0) is 13.0 Å². The average Bonchev–Trinajstić information content (AvgIpc) is 3.20. The molecule has 0 radical (unpaired) electrons. The molecule has 2 aromatic heterocycles. The van der Waals surface area contributed by atoms with Crippen molar-refractivity contribution in [1.29, 1.82) is 0 Å². The Kier molecular flexibility index (Phi) is 5.60. The highest BCUT2D eigenvalue weighted by Crippen LogP contribution is 2.37. The van der Waals surface area contributed by atoms with Crippen molar-refractivity contribution in [1.82, 2.24) is 9.97 Å². The lowest BCUT2D eigenvalue weighted by Crippen LogP contribution is -2.31. The van der Waals surface area contributed by atoms with Crippen LogP contribution in [0.1, 0.15) is 26.4 Å². The summed E-state index contributed by atoms with van der Waals surface area (Å²) in [6.45, 7) is 3.63. The normalized spacial score (nSPS) is 13.0. The first kappa shape index (κ1) is 21.2. The summed E-state index contributed by atoms with van der Waals surface area (Å²) in [4.78, 5) is 26.0. The summed E-state index contributed by atoms with van der Waals surface area (Å²) in [6, 6.07) is 13.8. The predicted molar refractivity (Wildman–Crippen MR) is 131 cm³/mol. The number of hydrogen-bond donors (Lipinski definition) is 1. The summed E-state index contributed by atoms with van der Waals surface area (Å²) in [5, 5.41) is 3.91. The number of anilines is 2. The molecule has 0 saturated carbocycles. The number of nitrogens with one attached hydrogen (secondary N) is 1. The van der Waals surface area contributed by atoms with E-state index in [1.54, 1.807) is 38.7 Å². The second-order valence-electron chi connectivity index (χ2n) is 7.89. The summed E-state index contributed by atoms with van der Waals surface area (Å²) in [7, 11) is 3.15. The Bertz CT molecular complexity index is 1350. The zero-order valence-electron chi connectivity index (χ0n) is 18.7. The van der Waals surface area contributed by atoms with Crippen LogP contribution in [0.3, 0.4) is 0 Å². The van der Waals surface area contributed by atoms with E-state index in [2.05, 4.69) is 44.5 Å². The molecule has 1 aliphatic heterocycles. The molecule has 168 valence electrons. The topological polar surface area (TPSA) is 76.6 Å². The van der Waals surface area contributed by atoms with Gasteiger partial charge in [0.1, 0.15) is 28.5 Å². The molecule has 2 aromatic carbocycles. The third kappa shape index (κ3) is 3.87. The zero-order valence-corrected chi connectivity index (χ0v) is 19.5. The minimum Gasteiger partial charge on any atom is -0.497 e. The van der Waals surface area contributed by atoms with E-state index in [0.717, 1.165) is 41.1 Å². The average molecular weight is 461 g/mol. The number of hydrogen-bond acceptors (Lipinski definition) is 7. The Hall–Kier alpha value is -3.65. The fourth-order valence-corrected chi connectivity index (χ4v) is 5.31. The fourth-order valence-electron chi connectivity index (χ4n) is 4.27. The van der Waals surface area contributed by atoms with E-state index in [1.165, 1.54) is 22.5 Å². The molecule has 0 atom stereocenters. The first-order valence-corrected chi connectivity index (χ1v) is 11.5. The Morgan fingerprint density at radius 2 is 1.91 bits per heavy atom. The maximum atomic E-state index is 13.2. The van der Waals surface area contributed by atoms with Crippen molar-refractivity contribution in [2.24, 2.45) is 0 Å². The van der Waals surface area contributed by atoms with Crippen LogP contribution < -0.4 is 19.7 Å². The van der Waals surface area contributed by atoms with Crippen LogP contribution in [0.5, 0.6) is 11.5 Å². The molecule has 0 fully saturated rings. The van der Waals surface area contributed by atoms with Crippen LogP contribution in [0.15, 0.2) is 48.8 Å². The molecule has 3 heterocycles. The predicted octanol–water partition coefficient (Wildman–Crippen LogP) is 4.83. The number of methoxy groups -OCH3 is 2. The standard InChI is InChI=1S/C25H24N4O3S/c1-15-21-23(29-11-10-16-6-4-5-7-17(16)13-29)26-14-27-25(21)33-22(15)24(30)28-19-9-8-18(31-2)12-20(19)32-3/h4-9,12,14H,10-11,13H2,1-3H3,(H,28,30). The van der Waals surface area contributed by atoms with E-state index in [4.69, 9.17) is 9.47 Å². The van der Waals surface area contributed by atoms with Crippen molar-refractivity contribution in [3.05, 3.63) is 70.4 Å². The third-order valence-electron chi connectivity index (χ3n) is 6.00. The van der Waals surface area contributed by atoms with Crippen molar-refractivity contribution >= 4 is 39.0 Å². The molecule has 4 aromatic rings. The van der Waals surface area contributed by atoms with Gasteiger partial charge >= 0.3 is 0 Å². The van der Waals surface area contributed by atoms with E-state index >= 15 is 0 Å². The Morgan fingerprint density at radius 1 is 1.09 bits per heavy atom. The van der Waals surface area contributed by atoms with Crippen molar-refractivity contribution in [3.63, 3.8) is 0 Å². The van der Waals surface area contributed by atoms with Crippen LogP contribution >= 0.6 is 11.3 Å². The van der Waals surface area contributed by atoms with Gasteiger partial charge < -0.3 is 19.7 Å². The molecule has 33 heavy (non-hydrogen) atoms. The molecular formula is C25H24N4O3S. The molecule has 1 aliphatic rings. The highest BCUT2D eigenvalue weighted by atomic mass is 32.1. The van der Waals surface area contributed by atoms with Gasteiger partial charge in [0.2, 0.25) is 0 Å². The SMILES string of the molecule is COc1ccc(NC(=O)c2sc3ncnc(N4CCc5ccccc5C4)c3c2C)c(OC)c1. The molecule has 0 aliphatic carbocycles. The molecular weight excluding hydrogens is 436 g/mol. The first-order valence-electron chi connectivity index (χ1n) is 10.7. The first-order chi connectivity index (χ1) is 16.1. The summed E-state index contributed by atoms with van der Waals surface area (Å²) >= 11 is 1.38. The van der Waals surface area contributed by atoms with Gasteiger partial charge in [-0.15, -0.1) is 11.3 Å². The highest BCUT2D eigenvalue weighted by Gasteiger charge is 2.24. The van der Waals surface area contributed by atoms with Crippen LogP contribution in [0.25, 0.3) is 10.2 Å². The number of fused-ring (bicyclic) bond motifs is 2. The number of ether oxygens (including phenoxy) is 2. The molecule has 1 N–H and O–H groups in total. The number of carbonyl (C=O) groups excluding carboxylic acids is 1. The van der Waals surface area contributed by atoms with Crippen molar-refractivity contribution in [2.45, 2.75) is 19.9 Å². The van der Waals surface area contributed by atoms with E-state index in [1.807, 2.05) is 6.92 Å². The smallest absolute Gasteiger partial charge is 0.266 e. The van der Waals surface area contributed by atoms with E-state index in [-0.39, 0.29) is 5.91 Å². The number of amides is 1. The fraction of sp³-hybridized carbons (Fsp3) is 0.240. The van der Waals surface area contributed by atoms with E-state index in [0.29, 0.717) is 22.1 Å². The van der Waals surface area contributed by atoms with Crippen molar-refractivity contribution in [2.75, 3.05) is 31.0 Å². The maximum Gasteiger partial charge on any atom is 0.266 e. The molecule has 0 bridgehead atoms. The number of benzene rings is 2. The van der Waals surface area contributed by atoms with Crippen LogP contribution in [0, 0.1) is 6.92 Å². The van der Waals surface area contributed by atoms with Crippen LogP contribution in [0.4, 0.5) is 11.5 Å². The van der Waals surface area contributed by atoms with Gasteiger partial charge in [-0.05, 0) is 42.2 Å². The quantitative estimate of drug-likeness (QED) is 0.460. The lowest BCUT2D eigenvalue weighted by Gasteiger charge is -2.30. The number of rotatable bonds is 5. The molecule has 0 unspecified atom stereocenters. The number of aromatic nitrogens is 2. The van der Waals surface area contributed by atoms with Gasteiger partial charge in [0, 0.05) is 19.2 Å². The van der Waals surface area contributed by atoms with Gasteiger partial charge in [0.15, 0.2) is 0 Å². The van der Waals surface area contributed by atoms with Gasteiger partial charge in [-0.2, -0.15) is 0 Å². The number of aryl methyl sites for hydroxylation is 1. The van der Waals surface area contributed by atoms with Crippen molar-refractivity contribution < 1.29 is 14.3 Å². The lowest BCUT2D eigenvalue weighted by atomic mass is 9.99. The summed E-state index contributed by atoms with van der Waals surface area (Å²) in [6.07, 6.45) is 2.55. The molecule has 0 spiro atoms. The van der Waals surface area contributed by atoms with E-state index in [9.17, 15) is 4.79 Å². The Labute approximate surface area is 196 Å². The molecule has 1 amide bonds. The Balaban J connectivity index is 1.48. The molecule has 5 rings (SSSR count). The monoisotopic (exact) mass is 460 g/mol. The summed E-state index contributed by atoms with van der Waals surface area (Å²) < 4.78 is 10.7. The summed E-state index contributed by atoms with van der Waals surface area (Å²) in [5.74, 6) is 1.87. The largest absolute Gasteiger partial charge is 0.497 e. The van der Waals surface area contributed by atoms with Gasteiger partial charge in [-0.3, -0.25) is 4.79 Å².